The average molecular weight is 698 g/mol. The number of nitrogens with one attached hydrogen (secondary N) is 1. The summed E-state index contributed by atoms with van der Waals surface area (Å²) >= 11 is 0. The molecule has 2 rings (SSSR count). The summed E-state index contributed by atoms with van der Waals surface area (Å²) in [5, 5.41) is 22.4. The van der Waals surface area contributed by atoms with Crippen molar-refractivity contribution in [2.24, 2.45) is 17.8 Å². The van der Waals surface area contributed by atoms with E-state index in [9.17, 15) is 29.2 Å². The van der Waals surface area contributed by atoms with E-state index in [2.05, 4.69) is 19.2 Å². The van der Waals surface area contributed by atoms with Crippen molar-refractivity contribution in [2.45, 2.75) is 130 Å². The van der Waals surface area contributed by atoms with Crippen LogP contribution in [0, 0.1) is 17.8 Å². The minimum absolute atomic E-state index is 0.00149. The smallest absolute Gasteiger partial charge is 0.426 e. The third-order valence-electron chi connectivity index (χ3n) is 10.1. The molecule has 2 heterocycles. The van der Waals surface area contributed by atoms with Gasteiger partial charge in [-0.05, 0) is 51.6 Å². The average Bonchev–Trinajstić information content (AvgIpc) is 3.74. The van der Waals surface area contributed by atoms with Crippen LogP contribution in [0.4, 0.5) is 0 Å². The third kappa shape index (κ3) is 12.2. The Morgan fingerprint density at radius 2 is 1.49 bits per heavy atom. The zero-order valence-corrected chi connectivity index (χ0v) is 32.5. The maximum Gasteiger partial charge on any atom is 0.475 e. The highest BCUT2D eigenvalue weighted by atomic mass is 16.5. The van der Waals surface area contributed by atoms with Gasteiger partial charge in [-0.15, -0.1) is 0 Å². The monoisotopic (exact) mass is 698 g/mol. The van der Waals surface area contributed by atoms with Crippen molar-refractivity contribution >= 4 is 30.7 Å². The van der Waals surface area contributed by atoms with Gasteiger partial charge in [0, 0.05) is 34.4 Å². The molecule has 0 bridgehead atoms. The Morgan fingerprint density at radius 1 is 0.918 bits per heavy atom. The van der Waals surface area contributed by atoms with E-state index in [1.165, 1.54) is 18.4 Å². The molecule has 2 aliphatic rings. The molecule has 14 heteroatoms. The first-order chi connectivity index (χ1) is 23.0. The molecule has 8 atom stereocenters. The van der Waals surface area contributed by atoms with Gasteiger partial charge >= 0.3 is 7.12 Å². The maximum atomic E-state index is 13.9. The number of ether oxygens (including phenoxy) is 2. The Labute approximate surface area is 296 Å². The second-order valence-corrected chi connectivity index (χ2v) is 14.4. The lowest BCUT2D eigenvalue weighted by molar-refractivity contribution is -0.148. The molecule has 13 nitrogen and oxygen atoms in total. The third-order valence-corrected chi connectivity index (χ3v) is 10.1. The standard InChI is InChI=1S/C32H60BN5O8.C3H8/c1-11-21(4)29(36(8)27(40)19-34-31(41)28(20(2)3)35(6)7)24(45-9)18-26(39)37-16-12-14-23(37)30(46-10)22(5)32(42)38-17-13-15-25(38)33(43)44;1-3-2/h20-25,28-30,43-44H,11-19H2,1-10H3,(H,34,41);3H2,1-2H3/t21-,22?,23?,24?,25?,28?,29?,30?;/m0./s1. The molecule has 0 saturated carbocycles. The van der Waals surface area contributed by atoms with Crippen LogP contribution >= 0.6 is 0 Å². The normalized spacial score (nSPS) is 21.4. The second kappa shape index (κ2) is 21.8. The lowest BCUT2D eigenvalue weighted by Gasteiger charge is -2.39. The number of nitrogens with zero attached hydrogens (tertiary/aromatic N) is 4. The predicted octanol–water partition coefficient (Wildman–Crippen LogP) is 2.03. The first-order valence-corrected chi connectivity index (χ1v) is 18.3. The largest absolute Gasteiger partial charge is 0.475 e. The van der Waals surface area contributed by atoms with Gasteiger partial charge in [0.15, 0.2) is 0 Å². The van der Waals surface area contributed by atoms with E-state index in [1.54, 1.807) is 30.9 Å². The van der Waals surface area contributed by atoms with Crippen molar-refractivity contribution in [1.82, 2.24) is 24.9 Å². The fourth-order valence-corrected chi connectivity index (χ4v) is 7.48. The van der Waals surface area contributed by atoms with Gasteiger partial charge in [0.2, 0.25) is 23.6 Å². The van der Waals surface area contributed by atoms with E-state index in [1.807, 2.05) is 46.7 Å². The number of carbonyl (C=O) groups excluding carboxylic acids is 4. The van der Waals surface area contributed by atoms with Crippen LogP contribution in [0.1, 0.15) is 93.4 Å². The van der Waals surface area contributed by atoms with Crippen LogP contribution in [0.3, 0.4) is 0 Å². The first kappa shape index (κ1) is 44.8. The van der Waals surface area contributed by atoms with Crippen molar-refractivity contribution in [2.75, 3.05) is 55.0 Å². The zero-order chi connectivity index (χ0) is 37.6. The van der Waals surface area contributed by atoms with Gasteiger partial charge in [-0.1, -0.05) is 61.3 Å². The summed E-state index contributed by atoms with van der Waals surface area (Å²) in [5.74, 6) is -2.02. The highest BCUT2D eigenvalue weighted by molar-refractivity contribution is 6.43. The van der Waals surface area contributed by atoms with Gasteiger partial charge < -0.3 is 39.5 Å². The SMILES string of the molecule is CCC.CC[C@H](C)C(C(CC(=O)N1CCCC1C(OC)C(C)C(=O)N1CCCC1B(O)O)OC)N(C)C(=O)CNC(=O)C(C(C)C)N(C)C. The van der Waals surface area contributed by atoms with E-state index < -0.39 is 37.2 Å². The van der Waals surface area contributed by atoms with E-state index in [-0.39, 0.29) is 60.5 Å². The van der Waals surface area contributed by atoms with Gasteiger partial charge in [0.25, 0.3) is 0 Å². The molecule has 2 fully saturated rings. The molecule has 2 aliphatic heterocycles. The molecular formula is C35H68BN5O8. The number of hydrogen-bond acceptors (Lipinski definition) is 9. The number of hydrogen-bond donors (Lipinski definition) is 3. The lowest BCUT2D eigenvalue weighted by atomic mass is 9.77. The molecule has 7 unspecified atom stereocenters. The number of rotatable bonds is 17. The van der Waals surface area contributed by atoms with Gasteiger partial charge in [-0.2, -0.15) is 0 Å². The maximum absolute atomic E-state index is 13.9. The van der Waals surface area contributed by atoms with E-state index in [4.69, 9.17) is 9.47 Å². The lowest BCUT2D eigenvalue weighted by Crippen LogP contribution is -2.55. The summed E-state index contributed by atoms with van der Waals surface area (Å²) in [6.07, 6.45) is 3.50. The Balaban J connectivity index is 0.00000385. The fraction of sp³-hybridized carbons (Fsp3) is 0.886. The van der Waals surface area contributed by atoms with Crippen molar-refractivity contribution in [1.29, 1.82) is 0 Å². The molecule has 4 amide bonds. The molecular weight excluding hydrogens is 629 g/mol. The Bertz CT molecular complexity index is 1030. The topological polar surface area (TPSA) is 152 Å². The molecule has 0 aromatic heterocycles. The van der Waals surface area contributed by atoms with Gasteiger partial charge in [-0.3, -0.25) is 24.1 Å². The quantitative estimate of drug-likeness (QED) is 0.194. The predicted molar refractivity (Wildman–Crippen MR) is 192 cm³/mol. The van der Waals surface area contributed by atoms with E-state index >= 15 is 0 Å². The summed E-state index contributed by atoms with van der Waals surface area (Å²) in [4.78, 5) is 60.4. The highest BCUT2D eigenvalue weighted by Gasteiger charge is 2.45. The van der Waals surface area contributed by atoms with E-state index in [0.717, 1.165) is 12.8 Å². The zero-order valence-electron chi connectivity index (χ0n) is 32.5. The number of carbonyl (C=O) groups is 4. The van der Waals surface area contributed by atoms with Gasteiger partial charge in [0.1, 0.15) is 0 Å². The summed E-state index contributed by atoms with van der Waals surface area (Å²) in [6, 6.07) is -1.13. The number of likely N-dealkylation sites (tertiary alicyclic amines) is 2. The minimum atomic E-state index is -1.61. The minimum Gasteiger partial charge on any atom is -0.426 e. The molecule has 0 spiro atoms. The van der Waals surface area contributed by atoms with Crippen LogP contribution in [0.5, 0.6) is 0 Å². The highest BCUT2D eigenvalue weighted by Crippen LogP contribution is 2.31. The molecule has 284 valence electrons. The molecule has 2 saturated heterocycles. The van der Waals surface area contributed by atoms with Crippen molar-refractivity contribution in [3.8, 4) is 0 Å². The Hall–Kier alpha value is -2.26. The van der Waals surface area contributed by atoms with Gasteiger partial charge in [0.05, 0.1) is 55.2 Å². The molecule has 0 aromatic rings. The van der Waals surface area contributed by atoms with Crippen LogP contribution in [0.15, 0.2) is 0 Å². The van der Waals surface area contributed by atoms with E-state index in [0.29, 0.717) is 32.4 Å². The van der Waals surface area contributed by atoms with Crippen molar-refractivity contribution < 1.29 is 38.7 Å². The second-order valence-electron chi connectivity index (χ2n) is 14.4. The summed E-state index contributed by atoms with van der Waals surface area (Å²) < 4.78 is 11.8. The van der Waals surface area contributed by atoms with Crippen LogP contribution in [-0.4, -0.2) is 152 Å². The van der Waals surface area contributed by atoms with Crippen LogP contribution in [0.25, 0.3) is 0 Å². The number of amides is 4. The number of likely N-dealkylation sites (N-methyl/N-ethyl adjacent to an activating group) is 2. The van der Waals surface area contributed by atoms with Crippen LogP contribution in [-0.2, 0) is 28.7 Å². The fourth-order valence-electron chi connectivity index (χ4n) is 7.48. The van der Waals surface area contributed by atoms with Crippen LogP contribution in [0.2, 0.25) is 0 Å². The molecule has 0 aliphatic carbocycles. The van der Waals surface area contributed by atoms with Crippen LogP contribution < -0.4 is 5.32 Å². The summed E-state index contributed by atoms with van der Waals surface area (Å²) in [7, 11) is 6.83. The first-order valence-electron chi connectivity index (χ1n) is 18.3. The Morgan fingerprint density at radius 3 is 1.98 bits per heavy atom. The van der Waals surface area contributed by atoms with Crippen molar-refractivity contribution in [3.05, 3.63) is 0 Å². The summed E-state index contributed by atoms with van der Waals surface area (Å²) in [6.45, 7) is 14.8. The molecule has 0 radical (unpaired) electrons. The molecule has 0 aromatic carbocycles. The Kier molecular flexibility index (Phi) is 20.0. The molecule has 3 N–H and O–H groups in total. The van der Waals surface area contributed by atoms with Gasteiger partial charge in [-0.25, -0.2) is 0 Å². The van der Waals surface area contributed by atoms with Crippen molar-refractivity contribution in [3.63, 3.8) is 0 Å². The molecule has 49 heavy (non-hydrogen) atoms. The summed E-state index contributed by atoms with van der Waals surface area (Å²) in [5.41, 5.74) is 0. The number of methoxy groups -OCH3 is 2.